The van der Waals surface area contributed by atoms with Crippen LogP contribution in [0.5, 0.6) is 5.75 Å². The van der Waals surface area contributed by atoms with Crippen LogP contribution in [0, 0.1) is 0 Å². The molecule has 0 atom stereocenters. The van der Waals surface area contributed by atoms with Gasteiger partial charge in [0.25, 0.3) is 5.91 Å². The van der Waals surface area contributed by atoms with Crippen LogP contribution in [-0.2, 0) is 17.9 Å². The Labute approximate surface area is 234 Å². The van der Waals surface area contributed by atoms with Gasteiger partial charge in [-0.1, -0.05) is 77.8 Å². The minimum absolute atomic E-state index is 0.219. The van der Waals surface area contributed by atoms with Crippen LogP contribution in [0.3, 0.4) is 0 Å². The summed E-state index contributed by atoms with van der Waals surface area (Å²) in [6.45, 7) is 0.687. The van der Waals surface area contributed by atoms with Crippen LogP contribution >= 0.6 is 35.0 Å². The van der Waals surface area contributed by atoms with Crippen molar-refractivity contribution in [1.29, 1.82) is 0 Å². The molecule has 4 aromatic rings. The zero-order chi connectivity index (χ0) is 26.3. The van der Waals surface area contributed by atoms with Gasteiger partial charge in [-0.05, 0) is 64.9 Å². The van der Waals surface area contributed by atoms with E-state index >= 15 is 0 Å². The van der Waals surface area contributed by atoms with E-state index < -0.39 is 0 Å². The molecule has 1 aromatic heterocycles. The van der Waals surface area contributed by atoms with Crippen molar-refractivity contribution in [2.24, 2.45) is 10.2 Å². The van der Waals surface area contributed by atoms with Gasteiger partial charge in [0, 0.05) is 0 Å². The van der Waals surface area contributed by atoms with Crippen molar-refractivity contribution in [3.8, 4) is 5.75 Å². The molecular formula is C29H21Cl2N3O3S. The molecule has 6 nitrogen and oxygen atoms in total. The molecule has 0 unspecified atom stereocenters. The first kappa shape index (κ1) is 25.9. The second-order valence-electron chi connectivity index (χ2n) is 8.20. The molecular weight excluding hydrogens is 541 g/mol. The Morgan fingerprint density at radius 1 is 0.974 bits per heavy atom. The highest BCUT2D eigenvalue weighted by molar-refractivity contribution is 8.18. The minimum atomic E-state index is -0.229. The van der Waals surface area contributed by atoms with Gasteiger partial charge in [0.1, 0.15) is 18.1 Å². The molecule has 190 valence electrons. The van der Waals surface area contributed by atoms with Crippen molar-refractivity contribution in [3.63, 3.8) is 0 Å². The van der Waals surface area contributed by atoms with E-state index in [1.807, 2.05) is 54.6 Å². The van der Waals surface area contributed by atoms with Crippen LogP contribution < -0.4 is 4.74 Å². The summed E-state index contributed by atoms with van der Waals surface area (Å²) < 4.78 is 11.4. The molecule has 0 saturated carbocycles. The van der Waals surface area contributed by atoms with E-state index in [9.17, 15) is 4.79 Å². The fourth-order valence-electron chi connectivity index (χ4n) is 3.62. The highest BCUT2D eigenvalue weighted by Crippen LogP contribution is 2.36. The van der Waals surface area contributed by atoms with Crippen LogP contribution in [0.15, 0.2) is 111 Å². The van der Waals surface area contributed by atoms with E-state index in [0.717, 1.165) is 16.9 Å². The molecule has 2 heterocycles. The largest absolute Gasteiger partial charge is 0.489 e. The number of carbonyl (C=O) groups excluding carboxylic acids is 1. The maximum absolute atomic E-state index is 13.3. The van der Waals surface area contributed by atoms with Crippen LogP contribution in [0.2, 0.25) is 10.0 Å². The Kier molecular flexibility index (Phi) is 8.28. The molecule has 0 radical (unpaired) electrons. The van der Waals surface area contributed by atoms with Gasteiger partial charge in [0.15, 0.2) is 5.17 Å². The number of rotatable bonds is 8. The zero-order valence-electron chi connectivity index (χ0n) is 20.0. The summed E-state index contributed by atoms with van der Waals surface area (Å²) in [4.78, 5) is 15.2. The van der Waals surface area contributed by atoms with E-state index in [-0.39, 0.29) is 12.5 Å². The first-order valence-corrected chi connectivity index (χ1v) is 13.2. The Morgan fingerprint density at radius 3 is 2.63 bits per heavy atom. The Balaban J connectivity index is 1.35. The number of hydrogen-bond donors (Lipinski definition) is 0. The summed E-state index contributed by atoms with van der Waals surface area (Å²) in [6, 6.07) is 26.4. The predicted octanol–water partition coefficient (Wildman–Crippen LogP) is 7.67. The summed E-state index contributed by atoms with van der Waals surface area (Å²) in [5.41, 5.74) is 2.54. The number of amidine groups is 1. The number of carbonyl (C=O) groups is 1. The quantitative estimate of drug-likeness (QED) is 0.126. The molecule has 1 fully saturated rings. The van der Waals surface area contributed by atoms with Gasteiger partial charge >= 0.3 is 0 Å². The molecule has 1 aliphatic heterocycles. The Hall–Kier alpha value is -3.78. The smallest absolute Gasteiger partial charge is 0.267 e. The van der Waals surface area contributed by atoms with E-state index in [1.165, 1.54) is 16.7 Å². The van der Waals surface area contributed by atoms with Crippen molar-refractivity contribution < 1.29 is 13.9 Å². The topological polar surface area (TPSA) is 67.4 Å². The van der Waals surface area contributed by atoms with Gasteiger partial charge in [-0.25, -0.2) is 0 Å². The summed E-state index contributed by atoms with van der Waals surface area (Å²) in [5, 5.41) is 9.83. The fourth-order valence-corrected chi connectivity index (χ4v) is 4.91. The molecule has 0 N–H and O–H groups in total. The second-order valence-corrected chi connectivity index (χ2v) is 9.99. The zero-order valence-corrected chi connectivity index (χ0v) is 22.3. The molecule has 9 heteroatoms. The van der Waals surface area contributed by atoms with Gasteiger partial charge in [0.05, 0.1) is 34.0 Å². The minimum Gasteiger partial charge on any atom is -0.489 e. The van der Waals surface area contributed by atoms with Crippen molar-refractivity contribution in [2.45, 2.75) is 13.2 Å². The lowest BCUT2D eigenvalue weighted by Gasteiger charge is -2.12. The first-order valence-electron chi connectivity index (χ1n) is 11.6. The highest BCUT2D eigenvalue weighted by Gasteiger charge is 2.34. The predicted molar refractivity (Wildman–Crippen MR) is 154 cm³/mol. The number of thioether (sulfide) groups is 1. The van der Waals surface area contributed by atoms with Crippen LogP contribution in [0.25, 0.3) is 6.08 Å². The fraction of sp³-hybridized carbons (Fsp3) is 0.0690. The van der Waals surface area contributed by atoms with Gasteiger partial charge in [0.2, 0.25) is 0 Å². The maximum Gasteiger partial charge on any atom is 0.267 e. The standard InChI is InChI=1S/C29H21Cl2N3O3S/c30-25-13-5-10-22(27(25)31)16-26-28(35)34(18-24-12-6-14-36-24)29(38-26)33-32-17-21-9-4-11-23(15-21)37-19-20-7-2-1-3-8-20/h1-17H,18-19H2/b26-16-,32-17+,33-29-. The van der Waals surface area contributed by atoms with E-state index in [1.54, 1.807) is 48.9 Å². The number of ether oxygens (including phenoxy) is 1. The van der Waals surface area contributed by atoms with Crippen LogP contribution in [0.4, 0.5) is 0 Å². The van der Waals surface area contributed by atoms with Crippen molar-refractivity contribution in [2.75, 3.05) is 0 Å². The third-order valence-corrected chi connectivity index (χ3v) is 7.34. The number of furan rings is 1. The van der Waals surface area contributed by atoms with Crippen molar-refractivity contribution >= 4 is 58.3 Å². The maximum atomic E-state index is 13.3. The lowest BCUT2D eigenvalue weighted by Crippen LogP contribution is -2.28. The lowest BCUT2D eigenvalue weighted by atomic mass is 10.2. The number of amides is 1. The molecule has 0 spiro atoms. The summed E-state index contributed by atoms with van der Waals surface area (Å²) in [5.74, 6) is 1.12. The summed E-state index contributed by atoms with van der Waals surface area (Å²) in [6.07, 6.45) is 4.89. The third kappa shape index (κ3) is 6.37. The van der Waals surface area contributed by atoms with E-state index in [4.69, 9.17) is 32.4 Å². The number of hydrogen-bond acceptors (Lipinski definition) is 6. The Morgan fingerprint density at radius 2 is 1.82 bits per heavy atom. The first-order chi connectivity index (χ1) is 18.6. The second kappa shape index (κ2) is 12.2. The van der Waals surface area contributed by atoms with Crippen molar-refractivity contribution in [1.82, 2.24) is 4.90 Å². The number of halogens is 2. The molecule has 1 amide bonds. The number of benzene rings is 3. The van der Waals surface area contributed by atoms with Gasteiger partial charge in [-0.3, -0.25) is 9.69 Å². The molecule has 0 aliphatic carbocycles. The molecule has 38 heavy (non-hydrogen) atoms. The SMILES string of the molecule is O=C1/C(=C/c2cccc(Cl)c2Cl)S/C(=N\N=C\c2cccc(OCc3ccccc3)c2)N1Cc1ccco1. The van der Waals surface area contributed by atoms with Gasteiger partial charge in [-0.15, -0.1) is 5.10 Å². The molecule has 1 saturated heterocycles. The molecule has 3 aromatic carbocycles. The normalized spacial score (nSPS) is 15.7. The summed E-state index contributed by atoms with van der Waals surface area (Å²) >= 11 is 13.7. The monoisotopic (exact) mass is 561 g/mol. The van der Waals surface area contributed by atoms with Crippen LogP contribution in [-0.4, -0.2) is 22.2 Å². The van der Waals surface area contributed by atoms with Crippen molar-refractivity contribution in [3.05, 3.63) is 129 Å². The third-order valence-electron chi connectivity index (χ3n) is 5.51. The van der Waals surface area contributed by atoms with E-state index in [2.05, 4.69) is 10.2 Å². The highest BCUT2D eigenvalue weighted by atomic mass is 35.5. The van der Waals surface area contributed by atoms with Gasteiger partial charge < -0.3 is 9.15 Å². The summed E-state index contributed by atoms with van der Waals surface area (Å²) in [7, 11) is 0. The average molecular weight is 562 g/mol. The Bertz CT molecular complexity index is 1520. The van der Waals surface area contributed by atoms with Gasteiger partial charge in [-0.2, -0.15) is 5.10 Å². The molecule has 1 aliphatic rings. The average Bonchev–Trinajstić information content (AvgIpc) is 3.55. The number of nitrogens with zero attached hydrogens (tertiary/aromatic N) is 3. The van der Waals surface area contributed by atoms with E-state index in [0.29, 0.717) is 38.0 Å². The lowest BCUT2D eigenvalue weighted by molar-refractivity contribution is -0.122. The van der Waals surface area contributed by atoms with Crippen LogP contribution in [0.1, 0.15) is 22.5 Å². The molecule has 0 bridgehead atoms. The molecule has 5 rings (SSSR count).